The van der Waals surface area contributed by atoms with Gasteiger partial charge in [-0.05, 0) is 94.9 Å². The molecule has 2 aliphatic rings. The topological polar surface area (TPSA) is 51.4 Å². The molecule has 0 saturated heterocycles. The van der Waals surface area contributed by atoms with E-state index in [9.17, 15) is 0 Å². The summed E-state index contributed by atoms with van der Waals surface area (Å²) in [5.41, 5.74) is 13.3. The van der Waals surface area contributed by atoms with Gasteiger partial charge >= 0.3 is 7.12 Å². The van der Waals surface area contributed by atoms with E-state index in [1.807, 2.05) is 12.4 Å². The maximum Gasteiger partial charge on any atom is 0.519 e. The number of benzene rings is 7. The minimum Gasteiger partial charge on any atom is -0.457 e. The highest BCUT2D eigenvalue weighted by atomic mass is 16.5. The molecule has 0 bridgehead atoms. The number of hydrogen-bond donors (Lipinski definition) is 0. The van der Waals surface area contributed by atoms with E-state index in [-0.39, 0.29) is 12.5 Å². The Kier molecular flexibility index (Phi) is 8.06. The first-order valence-electron chi connectivity index (χ1n) is 21.2. The molecular weight excluding hydrogens is 759 g/mol. The molecule has 0 aliphatic carbocycles. The van der Waals surface area contributed by atoms with Crippen molar-refractivity contribution in [3.63, 3.8) is 0 Å². The maximum atomic E-state index is 6.86. The van der Waals surface area contributed by atoms with Crippen LogP contribution in [0.5, 0.6) is 11.5 Å². The summed E-state index contributed by atoms with van der Waals surface area (Å²) in [6.45, 7) is 6.71. The van der Waals surface area contributed by atoms with E-state index in [1.165, 1.54) is 22.1 Å². The number of anilines is 4. The van der Waals surface area contributed by atoms with Crippen molar-refractivity contribution < 1.29 is 4.74 Å². The van der Waals surface area contributed by atoms with Crippen molar-refractivity contribution in [1.29, 1.82) is 0 Å². The number of rotatable bonds is 4. The second-order valence-corrected chi connectivity index (χ2v) is 17.1. The van der Waals surface area contributed by atoms with Crippen LogP contribution < -0.4 is 14.4 Å². The van der Waals surface area contributed by atoms with Crippen molar-refractivity contribution >= 4 is 51.7 Å². The first-order valence-corrected chi connectivity index (χ1v) is 21.2. The van der Waals surface area contributed by atoms with Gasteiger partial charge in [-0.1, -0.05) is 118 Å². The van der Waals surface area contributed by atoms with Crippen LogP contribution in [0, 0.1) is 0 Å². The first kappa shape index (κ1) is 36.1. The van der Waals surface area contributed by atoms with Crippen molar-refractivity contribution in [1.82, 2.24) is 19.0 Å². The Hall–Kier alpha value is -7.84. The Morgan fingerprint density at radius 3 is 1.85 bits per heavy atom. The van der Waals surface area contributed by atoms with E-state index in [0.717, 1.165) is 79.0 Å². The van der Waals surface area contributed by atoms with Crippen LogP contribution in [0.1, 0.15) is 26.3 Å². The number of imidazole rings is 1. The van der Waals surface area contributed by atoms with Gasteiger partial charge < -0.3 is 18.8 Å². The van der Waals surface area contributed by atoms with Gasteiger partial charge in [0.15, 0.2) is 0 Å². The van der Waals surface area contributed by atoms with Crippen LogP contribution in [0.3, 0.4) is 0 Å². The molecule has 0 fully saturated rings. The van der Waals surface area contributed by atoms with Crippen molar-refractivity contribution in [2.45, 2.75) is 26.2 Å². The Balaban J connectivity index is 1.03. The van der Waals surface area contributed by atoms with E-state index >= 15 is 0 Å². The number of ether oxygens (including phenoxy) is 1. The van der Waals surface area contributed by atoms with Gasteiger partial charge in [-0.3, -0.25) is 4.57 Å². The van der Waals surface area contributed by atoms with Gasteiger partial charge in [-0.15, -0.1) is 0 Å². The lowest BCUT2D eigenvalue weighted by atomic mass is 9.78. The average molecular weight is 801 g/mol. The lowest BCUT2D eigenvalue weighted by Crippen LogP contribution is -2.56. The molecule has 0 amide bonds. The van der Waals surface area contributed by atoms with Crippen LogP contribution in [0.4, 0.5) is 22.7 Å². The fourth-order valence-electron chi connectivity index (χ4n) is 9.58. The van der Waals surface area contributed by atoms with Crippen molar-refractivity contribution in [3.8, 4) is 51.0 Å². The zero-order valence-electron chi connectivity index (χ0n) is 34.6. The predicted octanol–water partition coefficient (Wildman–Crippen LogP) is 13.6. The Labute approximate surface area is 360 Å². The number of hydrogen-bond acceptors (Lipinski definition) is 5. The number of pyridine rings is 1. The van der Waals surface area contributed by atoms with E-state index in [0.29, 0.717) is 0 Å². The normalized spacial score (nSPS) is 13.0. The number of aromatic nitrogens is 4. The second kappa shape index (κ2) is 13.9. The molecule has 0 saturated carbocycles. The lowest BCUT2D eigenvalue weighted by molar-refractivity contribution is 0.483. The van der Waals surface area contributed by atoms with Gasteiger partial charge in [0, 0.05) is 74.9 Å². The summed E-state index contributed by atoms with van der Waals surface area (Å²) in [5, 5.41) is 2.32. The molecule has 296 valence electrons. The van der Waals surface area contributed by atoms with Crippen molar-refractivity contribution in [2.24, 2.45) is 0 Å². The summed E-state index contributed by atoms with van der Waals surface area (Å²) >= 11 is 0. The van der Waals surface area contributed by atoms with Crippen LogP contribution in [0.2, 0.25) is 0 Å². The second-order valence-electron chi connectivity index (χ2n) is 17.1. The third kappa shape index (κ3) is 5.60. The smallest absolute Gasteiger partial charge is 0.457 e. The van der Waals surface area contributed by atoms with Gasteiger partial charge in [-0.2, -0.15) is 0 Å². The molecule has 0 N–H and O–H groups in total. The predicted molar refractivity (Wildman–Crippen MR) is 254 cm³/mol. The molecule has 2 aliphatic heterocycles. The minimum atomic E-state index is -0.347. The average Bonchev–Trinajstić information content (AvgIpc) is 3.94. The molecule has 5 heterocycles. The third-order valence-corrected chi connectivity index (χ3v) is 12.4. The van der Waals surface area contributed by atoms with E-state index < -0.39 is 0 Å². The molecule has 0 atom stereocenters. The molecular formula is C54H41BN6O. The highest BCUT2D eigenvalue weighted by Gasteiger charge is 2.45. The summed E-state index contributed by atoms with van der Waals surface area (Å²) in [6, 6.07) is 62.7. The van der Waals surface area contributed by atoms with E-state index in [2.05, 4.69) is 222 Å². The molecule has 0 spiro atoms. The molecule has 7 nitrogen and oxygen atoms in total. The third-order valence-electron chi connectivity index (χ3n) is 12.4. The van der Waals surface area contributed by atoms with Gasteiger partial charge in [0.1, 0.15) is 23.1 Å². The highest BCUT2D eigenvalue weighted by molar-refractivity contribution is 6.70. The summed E-state index contributed by atoms with van der Waals surface area (Å²) in [5.74, 6) is 3.21. The Bertz CT molecular complexity index is 3360. The van der Waals surface area contributed by atoms with Crippen LogP contribution in [-0.2, 0) is 5.41 Å². The molecule has 3 aromatic heterocycles. The van der Waals surface area contributed by atoms with Crippen LogP contribution in [-0.4, -0.2) is 26.1 Å². The van der Waals surface area contributed by atoms with Gasteiger partial charge in [0.25, 0.3) is 0 Å². The molecule has 0 unspecified atom stereocenters. The zero-order chi connectivity index (χ0) is 41.5. The van der Waals surface area contributed by atoms with Gasteiger partial charge in [-0.25, -0.2) is 9.97 Å². The number of para-hydroxylation sites is 4. The Morgan fingerprint density at radius 2 is 1.10 bits per heavy atom. The Morgan fingerprint density at radius 1 is 0.484 bits per heavy atom. The lowest BCUT2D eigenvalue weighted by Gasteiger charge is -2.43. The maximum absolute atomic E-state index is 6.86. The van der Waals surface area contributed by atoms with Crippen molar-refractivity contribution in [3.05, 3.63) is 200 Å². The van der Waals surface area contributed by atoms with Crippen molar-refractivity contribution in [2.75, 3.05) is 9.62 Å². The molecule has 7 aromatic carbocycles. The van der Waals surface area contributed by atoms with Crippen LogP contribution in [0.25, 0.3) is 61.3 Å². The minimum absolute atomic E-state index is 0.0193. The van der Waals surface area contributed by atoms with E-state index in [4.69, 9.17) is 14.7 Å². The zero-order valence-corrected chi connectivity index (χ0v) is 34.6. The molecule has 62 heavy (non-hydrogen) atoms. The van der Waals surface area contributed by atoms with Crippen LogP contribution >= 0.6 is 0 Å². The fraction of sp³-hybridized carbons (Fsp3) is 0.0741. The number of nitrogens with zero attached hydrogens (tertiary/aromatic N) is 6. The number of fused-ring (bicyclic) bond motifs is 15. The molecule has 10 aromatic rings. The monoisotopic (exact) mass is 800 g/mol. The SMILES string of the molecule is CC(C)(C)c1ccnc(-n2c3ccccc3c3ccc(Oc4ccc5c(c4)-c4nccn4B4N(c6ccccc6)c6ccccc6-c6ccccc6-c6ccccc6N45)cc32)c1. The standard InChI is InChI=1S/C54H41BN6O/c1-54(2,3)36-29-30-56-52(33-36)59-47-22-12-9-21-44(47)45-27-25-39(35-51(45)59)62-38-26-28-50-46(34-38)53-57-31-32-58(53)55-60(37-15-5-4-6-16-37)48-23-13-10-19-42(48)40-17-7-8-18-41(40)43-20-11-14-24-49(43)61(50)55/h4-35H,1-3H3. The fourth-order valence-corrected chi connectivity index (χ4v) is 9.58. The summed E-state index contributed by atoms with van der Waals surface area (Å²) in [4.78, 5) is 14.9. The largest absolute Gasteiger partial charge is 0.519 e. The molecule has 0 radical (unpaired) electrons. The first-order chi connectivity index (χ1) is 30.4. The van der Waals surface area contributed by atoms with Gasteiger partial charge in [0.05, 0.1) is 11.0 Å². The van der Waals surface area contributed by atoms with E-state index in [1.54, 1.807) is 0 Å². The highest BCUT2D eigenvalue weighted by Crippen LogP contribution is 2.51. The molecule has 12 rings (SSSR count). The summed E-state index contributed by atoms with van der Waals surface area (Å²) < 4.78 is 11.4. The quantitative estimate of drug-likeness (QED) is 0.166. The van der Waals surface area contributed by atoms with Crippen LogP contribution in [0.15, 0.2) is 195 Å². The summed E-state index contributed by atoms with van der Waals surface area (Å²) in [7, 11) is -0.347. The summed E-state index contributed by atoms with van der Waals surface area (Å²) in [6.07, 6.45) is 5.93. The van der Waals surface area contributed by atoms with Gasteiger partial charge in [0.2, 0.25) is 0 Å². The molecule has 8 heteroatoms.